The second kappa shape index (κ2) is 70.7. The third kappa shape index (κ3) is 72.4. The van der Waals surface area contributed by atoms with E-state index >= 15 is 0 Å². The summed E-state index contributed by atoms with van der Waals surface area (Å²) in [6, 6.07) is 0. The molecule has 0 fully saturated rings. The number of aliphatic hydroxyl groups excluding tert-OH is 1. The number of carbonyl (C=O) groups excluding carboxylic acids is 4. The number of phosphoric ester groups is 2. The van der Waals surface area contributed by atoms with Crippen LogP contribution in [0.2, 0.25) is 0 Å². The molecule has 0 bridgehead atoms. The van der Waals surface area contributed by atoms with Gasteiger partial charge in [0.2, 0.25) is 0 Å². The molecule has 98 heavy (non-hydrogen) atoms. The lowest BCUT2D eigenvalue weighted by molar-refractivity contribution is -0.161. The minimum absolute atomic E-state index is 0.108. The number of hydrogen-bond acceptors (Lipinski definition) is 15. The second-order valence-corrected chi connectivity index (χ2v) is 32.3. The van der Waals surface area contributed by atoms with Gasteiger partial charge in [-0.25, -0.2) is 9.13 Å². The largest absolute Gasteiger partial charge is 0.472 e. The minimum atomic E-state index is -4.96. The number of carbonyl (C=O) groups is 4. The third-order valence-electron chi connectivity index (χ3n) is 18.5. The quantitative estimate of drug-likeness (QED) is 0.0222. The molecule has 0 rings (SSSR count). The van der Waals surface area contributed by atoms with Gasteiger partial charge in [0, 0.05) is 25.7 Å². The molecule has 582 valence electrons. The van der Waals surface area contributed by atoms with Crippen LogP contribution in [0, 0.1) is 11.8 Å². The summed E-state index contributed by atoms with van der Waals surface area (Å²) in [4.78, 5) is 72.8. The zero-order valence-electron chi connectivity index (χ0n) is 64.1. The first-order valence-electron chi connectivity index (χ1n) is 41.0. The van der Waals surface area contributed by atoms with E-state index in [1.165, 1.54) is 218 Å². The maximum atomic E-state index is 13.1. The monoisotopic (exact) mass is 1440 g/mol. The number of rotatable bonds is 78. The molecule has 0 aliphatic heterocycles. The lowest BCUT2D eigenvalue weighted by Crippen LogP contribution is -2.30. The van der Waals surface area contributed by atoms with Gasteiger partial charge in [-0.3, -0.25) is 37.3 Å². The van der Waals surface area contributed by atoms with Gasteiger partial charge >= 0.3 is 39.5 Å². The molecule has 0 saturated heterocycles. The standard InChI is InChI=1S/C79H154O17P2/c1-7-9-11-13-15-16-17-18-19-20-21-29-34-39-45-51-57-63-78(83)95-74(67-89-76(81)61-55-49-41-14-12-10-8-2)69-93-97(85,86)91-65-73(80)66-92-98(87,88)94-70-75(96-79(84)64-58-52-46-40-35-30-25-23-27-32-37-43-48-54-60-72(5)6)68-90-77(82)62-56-50-44-38-33-28-24-22-26-31-36-42-47-53-59-71(3)4/h71-75,80H,7-70H2,1-6H3,(H,85,86)(H,87,88)/t73-,74+,75+/m0/s1. The molecule has 2 unspecified atom stereocenters. The number of ether oxygens (including phenoxy) is 4. The first kappa shape index (κ1) is 96.1. The van der Waals surface area contributed by atoms with E-state index in [2.05, 4.69) is 41.5 Å². The van der Waals surface area contributed by atoms with Crippen LogP contribution >= 0.6 is 15.6 Å². The van der Waals surface area contributed by atoms with Crippen molar-refractivity contribution >= 4 is 39.5 Å². The van der Waals surface area contributed by atoms with Gasteiger partial charge < -0.3 is 33.8 Å². The smallest absolute Gasteiger partial charge is 0.462 e. The van der Waals surface area contributed by atoms with Crippen molar-refractivity contribution in [2.75, 3.05) is 39.6 Å². The van der Waals surface area contributed by atoms with Crippen LogP contribution in [0.15, 0.2) is 0 Å². The van der Waals surface area contributed by atoms with Crippen LogP contribution in [0.4, 0.5) is 0 Å². The lowest BCUT2D eigenvalue weighted by atomic mass is 10.0. The summed E-state index contributed by atoms with van der Waals surface area (Å²) >= 11 is 0. The average Bonchev–Trinajstić information content (AvgIpc) is 0.992. The predicted octanol–water partition coefficient (Wildman–Crippen LogP) is 23.5. The van der Waals surface area contributed by atoms with Gasteiger partial charge in [-0.1, -0.05) is 363 Å². The van der Waals surface area contributed by atoms with Gasteiger partial charge in [0.1, 0.15) is 19.3 Å². The number of esters is 4. The zero-order chi connectivity index (χ0) is 72.1. The molecule has 0 spiro atoms. The van der Waals surface area contributed by atoms with Crippen molar-refractivity contribution < 1.29 is 80.2 Å². The highest BCUT2D eigenvalue weighted by Crippen LogP contribution is 2.45. The van der Waals surface area contributed by atoms with Crippen molar-refractivity contribution in [2.45, 2.75) is 432 Å². The third-order valence-corrected chi connectivity index (χ3v) is 20.4. The number of hydrogen-bond donors (Lipinski definition) is 3. The highest BCUT2D eigenvalue weighted by molar-refractivity contribution is 7.47. The van der Waals surface area contributed by atoms with E-state index in [0.717, 1.165) is 115 Å². The number of unbranched alkanes of at least 4 members (excludes halogenated alkanes) is 48. The molecule has 0 radical (unpaired) electrons. The van der Waals surface area contributed by atoms with Crippen molar-refractivity contribution in [2.24, 2.45) is 11.8 Å². The normalized spacial score (nSPS) is 13.9. The van der Waals surface area contributed by atoms with E-state index in [-0.39, 0.29) is 25.7 Å². The summed E-state index contributed by atoms with van der Waals surface area (Å²) < 4.78 is 68.6. The fraction of sp³-hybridized carbons (Fsp3) is 0.949. The zero-order valence-corrected chi connectivity index (χ0v) is 65.9. The Morgan fingerprint density at radius 3 is 0.694 bits per heavy atom. The first-order valence-corrected chi connectivity index (χ1v) is 44.0. The van der Waals surface area contributed by atoms with E-state index in [1.54, 1.807) is 0 Å². The molecule has 0 aromatic rings. The summed E-state index contributed by atoms with van der Waals surface area (Å²) in [5.41, 5.74) is 0. The van der Waals surface area contributed by atoms with Gasteiger partial charge in [0.05, 0.1) is 26.4 Å². The van der Waals surface area contributed by atoms with Crippen LogP contribution < -0.4 is 0 Å². The summed E-state index contributed by atoms with van der Waals surface area (Å²) in [6.45, 7) is 9.63. The van der Waals surface area contributed by atoms with Gasteiger partial charge in [0.15, 0.2) is 12.2 Å². The maximum Gasteiger partial charge on any atom is 0.472 e. The molecule has 0 heterocycles. The number of phosphoric acid groups is 2. The number of aliphatic hydroxyl groups is 1. The Kier molecular flexibility index (Phi) is 69.3. The van der Waals surface area contributed by atoms with Gasteiger partial charge in [-0.15, -0.1) is 0 Å². The second-order valence-electron chi connectivity index (χ2n) is 29.4. The molecule has 19 heteroatoms. The molecule has 5 atom stereocenters. The molecule has 0 aromatic carbocycles. The highest BCUT2D eigenvalue weighted by Gasteiger charge is 2.30. The van der Waals surface area contributed by atoms with E-state index in [0.29, 0.717) is 25.7 Å². The van der Waals surface area contributed by atoms with Crippen LogP contribution in [-0.4, -0.2) is 96.7 Å². The van der Waals surface area contributed by atoms with Crippen LogP contribution in [0.5, 0.6) is 0 Å². The van der Waals surface area contributed by atoms with Gasteiger partial charge in [-0.2, -0.15) is 0 Å². The predicted molar refractivity (Wildman–Crippen MR) is 400 cm³/mol. The molecule has 0 aliphatic carbocycles. The Morgan fingerprint density at radius 2 is 0.469 bits per heavy atom. The van der Waals surface area contributed by atoms with Crippen molar-refractivity contribution in [1.29, 1.82) is 0 Å². The summed E-state index contributed by atoms with van der Waals surface area (Å²) in [7, 11) is -9.91. The Labute approximate surface area is 600 Å². The fourth-order valence-electron chi connectivity index (χ4n) is 12.2. The van der Waals surface area contributed by atoms with Crippen molar-refractivity contribution in [3.8, 4) is 0 Å². The van der Waals surface area contributed by atoms with E-state index in [9.17, 15) is 43.2 Å². The van der Waals surface area contributed by atoms with E-state index in [1.807, 2.05) is 0 Å². The Morgan fingerprint density at radius 1 is 0.276 bits per heavy atom. The van der Waals surface area contributed by atoms with Gasteiger partial charge in [-0.05, 0) is 37.5 Å². The first-order chi connectivity index (χ1) is 47.4. The van der Waals surface area contributed by atoms with Crippen molar-refractivity contribution in [3.63, 3.8) is 0 Å². The Bertz CT molecular complexity index is 1890. The lowest BCUT2D eigenvalue weighted by Gasteiger charge is -2.21. The topological polar surface area (TPSA) is 237 Å². The van der Waals surface area contributed by atoms with Crippen molar-refractivity contribution in [1.82, 2.24) is 0 Å². The van der Waals surface area contributed by atoms with Crippen LogP contribution in [0.25, 0.3) is 0 Å². The highest BCUT2D eigenvalue weighted by atomic mass is 31.2. The maximum absolute atomic E-state index is 13.1. The molecular formula is C79H154O17P2. The molecule has 0 aliphatic rings. The fourth-order valence-corrected chi connectivity index (χ4v) is 13.8. The summed E-state index contributed by atoms with van der Waals surface area (Å²) in [5.74, 6) is -0.520. The van der Waals surface area contributed by atoms with Gasteiger partial charge in [0.25, 0.3) is 0 Å². The average molecular weight is 1440 g/mol. The van der Waals surface area contributed by atoms with Crippen LogP contribution in [0.3, 0.4) is 0 Å². The molecule has 0 amide bonds. The SMILES string of the molecule is CCCCCCCCCCCCCCCCCCCC(=O)O[C@H](COC(=O)CCCCCCCCC)COP(=O)(O)OC[C@H](O)COP(=O)(O)OC[C@@H](COC(=O)CCCCCCCCCCCCCCCCC(C)C)OC(=O)CCCCCCCCCCCCCCCCC(C)C. The summed E-state index contributed by atoms with van der Waals surface area (Å²) in [6.07, 6.45) is 59.7. The molecule has 3 N–H and O–H groups in total. The minimum Gasteiger partial charge on any atom is -0.462 e. The summed E-state index contributed by atoms with van der Waals surface area (Å²) in [5, 5.41) is 10.6. The van der Waals surface area contributed by atoms with Crippen LogP contribution in [0.1, 0.15) is 414 Å². The Hall–Kier alpha value is -1.94. The van der Waals surface area contributed by atoms with Crippen molar-refractivity contribution in [3.05, 3.63) is 0 Å². The van der Waals surface area contributed by atoms with E-state index in [4.69, 9.17) is 37.0 Å². The molecule has 0 saturated carbocycles. The molecular weight excluding hydrogens is 1280 g/mol. The van der Waals surface area contributed by atoms with E-state index < -0.39 is 97.5 Å². The van der Waals surface area contributed by atoms with Crippen LogP contribution in [-0.2, 0) is 65.4 Å². The molecule has 0 aromatic heterocycles. The Balaban J connectivity index is 5.18. The molecule has 17 nitrogen and oxygen atoms in total.